The lowest BCUT2D eigenvalue weighted by molar-refractivity contribution is -0.144. The van der Waals surface area contributed by atoms with E-state index < -0.39 is 80.6 Å². The second-order valence-corrected chi connectivity index (χ2v) is 10.1. The van der Waals surface area contributed by atoms with E-state index in [1.54, 1.807) is 11.9 Å². The number of rotatable bonds is 5. The van der Waals surface area contributed by atoms with Crippen LogP contribution in [0.3, 0.4) is 0 Å². The number of aliphatic hydroxyl groups is 3. The van der Waals surface area contributed by atoms with Gasteiger partial charge in [-0.15, -0.1) is 0 Å². The molecule has 1 aromatic rings. The average molecular weight is 518 g/mol. The van der Waals surface area contributed by atoms with Crippen molar-refractivity contribution < 1.29 is 44.0 Å². The molecule has 0 fully saturated rings. The van der Waals surface area contributed by atoms with Gasteiger partial charge in [0.2, 0.25) is 11.7 Å². The highest BCUT2D eigenvalue weighted by Gasteiger charge is 2.59. The third-order valence-electron chi connectivity index (χ3n) is 7.56. The number of allylic oxidation sites excluding steroid dienone is 2. The SMILES string of the molecule is CC(C)N(C)CC(=O)Nc1cc(F)c2c(c1O)C(=O)C1=C(O)[C@]3(O)C(=O)C(C(N)=O)=C(O)C[C@@H]3CC1C2. The summed E-state index contributed by atoms with van der Waals surface area (Å²) in [5, 5.41) is 45.7. The molecular weight excluding hydrogens is 489 g/mol. The predicted octanol–water partition coefficient (Wildman–Crippen LogP) is 0.998. The van der Waals surface area contributed by atoms with Crippen molar-refractivity contribution in [1.82, 2.24) is 4.90 Å². The molecule has 0 heterocycles. The number of ketones is 2. The summed E-state index contributed by atoms with van der Waals surface area (Å²) in [6.07, 6.45) is -0.653. The number of aromatic hydroxyl groups is 1. The van der Waals surface area contributed by atoms with Crippen molar-refractivity contribution in [2.45, 2.75) is 44.8 Å². The number of anilines is 1. The number of carbonyl (C=O) groups excluding carboxylic acids is 4. The van der Waals surface area contributed by atoms with Gasteiger partial charge in [0.15, 0.2) is 17.1 Å². The van der Waals surface area contributed by atoms with E-state index in [1.165, 1.54) is 0 Å². The van der Waals surface area contributed by atoms with E-state index in [9.17, 15) is 39.6 Å². The van der Waals surface area contributed by atoms with Crippen LogP contribution in [0.15, 0.2) is 28.7 Å². The molecule has 3 atom stereocenters. The molecule has 0 saturated carbocycles. The lowest BCUT2D eigenvalue weighted by atomic mass is 9.60. The number of benzene rings is 1. The molecule has 0 aliphatic heterocycles. The quantitative estimate of drug-likeness (QED) is 0.244. The number of hydrogen-bond donors (Lipinski definition) is 6. The van der Waals surface area contributed by atoms with Crippen molar-refractivity contribution in [3.63, 3.8) is 0 Å². The highest BCUT2D eigenvalue weighted by molar-refractivity contribution is 6.24. The number of halogens is 1. The summed E-state index contributed by atoms with van der Waals surface area (Å²) in [5.41, 5.74) is 0.160. The van der Waals surface area contributed by atoms with Gasteiger partial charge in [-0.25, -0.2) is 4.39 Å². The topological polar surface area (TPSA) is 190 Å². The highest BCUT2D eigenvalue weighted by Crippen LogP contribution is 2.52. The van der Waals surface area contributed by atoms with Crippen molar-refractivity contribution in [3.8, 4) is 5.75 Å². The molecule has 7 N–H and O–H groups in total. The van der Waals surface area contributed by atoms with Crippen molar-refractivity contribution in [2.24, 2.45) is 17.6 Å². The van der Waals surface area contributed by atoms with Crippen LogP contribution >= 0.6 is 0 Å². The van der Waals surface area contributed by atoms with E-state index in [0.29, 0.717) is 0 Å². The first-order valence-electron chi connectivity index (χ1n) is 11.7. The molecular formula is C25H28FN3O8. The number of nitrogens with zero attached hydrogens (tertiary/aromatic N) is 1. The number of carbonyl (C=O) groups is 4. The van der Waals surface area contributed by atoms with Crippen molar-refractivity contribution in [1.29, 1.82) is 0 Å². The van der Waals surface area contributed by atoms with E-state index in [0.717, 1.165) is 6.07 Å². The lowest BCUT2D eigenvalue weighted by Crippen LogP contribution is -2.57. The summed E-state index contributed by atoms with van der Waals surface area (Å²) in [6, 6.07) is 0.934. The van der Waals surface area contributed by atoms with Gasteiger partial charge in [0.25, 0.3) is 5.91 Å². The van der Waals surface area contributed by atoms with Crippen LogP contribution in [0.1, 0.15) is 42.6 Å². The molecule has 0 radical (unpaired) electrons. The molecule has 0 spiro atoms. The molecule has 1 aromatic carbocycles. The first-order chi connectivity index (χ1) is 17.2. The number of hydrogen-bond acceptors (Lipinski definition) is 9. The second kappa shape index (κ2) is 8.96. The third kappa shape index (κ3) is 3.96. The van der Waals surface area contributed by atoms with Crippen LogP contribution in [-0.2, 0) is 20.8 Å². The van der Waals surface area contributed by atoms with Gasteiger partial charge in [0, 0.05) is 35.6 Å². The minimum Gasteiger partial charge on any atom is -0.511 e. The highest BCUT2D eigenvalue weighted by atomic mass is 19.1. The lowest BCUT2D eigenvalue weighted by Gasteiger charge is -2.45. The Bertz CT molecular complexity index is 1320. The van der Waals surface area contributed by atoms with Gasteiger partial charge < -0.3 is 31.5 Å². The van der Waals surface area contributed by atoms with Gasteiger partial charge in [-0.3, -0.25) is 24.1 Å². The molecule has 1 unspecified atom stereocenters. The molecule has 3 aliphatic rings. The van der Waals surface area contributed by atoms with Crippen LogP contribution in [0.2, 0.25) is 0 Å². The fraction of sp³-hybridized carbons (Fsp3) is 0.440. The molecule has 12 heteroatoms. The van der Waals surface area contributed by atoms with Crippen LogP contribution in [0.4, 0.5) is 10.1 Å². The molecule has 0 aromatic heterocycles. The summed E-state index contributed by atoms with van der Waals surface area (Å²) in [6.45, 7) is 3.65. The summed E-state index contributed by atoms with van der Waals surface area (Å²) in [7, 11) is 1.70. The fourth-order valence-electron chi connectivity index (χ4n) is 5.34. The second-order valence-electron chi connectivity index (χ2n) is 10.1. The minimum absolute atomic E-state index is 0.0308. The molecule has 0 bridgehead atoms. The van der Waals surface area contributed by atoms with Gasteiger partial charge in [-0.2, -0.15) is 0 Å². The first-order valence-corrected chi connectivity index (χ1v) is 11.7. The maximum absolute atomic E-state index is 15.1. The van der Waals surface area contributed by atoms with Crippen molar-refractivity contribution in [2.75, 3.05) is 18.9 Å². The Morgan fingerprint density at radius 3 is 2.49 bits per heavy atom. The molecule has 3 aliphatic carbocycles. The van der Waals surface area contributed by atoms with E-state index in [4.69, 9.17) is 5.73 Å². The summed E-state index contributed by atoms with van der Waals surface area (Å²) >= 11 is 0. The zero-order valence-corrected chi connectivity index (χ0v) is 20.5. The normalized spacial score (nSPS) is 25.3. The summed E-state index contributed by atoms with van der Waals surface area (Å²) in [5.74, 6) is -9.48. The number of fused-ring (bicyclic) bond motifs is 3. The number of phenols is 1. The van der Waals surface area contributed by atoms with E-state index in [-0.39, 0.29) is 43.1 Å². The smallest absolute Gasteiger partial charge is 0.255 e. The maximum atomic E-state index is 15.1. The Hall–Kier alpha value is -3.77. The maximum Gasteiger partial charge on any atom is 0.255 e. The van der Waals surface area contributed by atoms with Gasteiger partial charge >= 0.3 is 0 Å². The molecule has 2 amide bonds. The number of amides is 2. The number of Topliss-reactive ketones (excluding diaryl/α,β-unsaturated/α-hetero) is 2. The Balaban J connectivity index is 1.78. The number of primary amides is 1. The molecule has 11 nitrogen and oxygen atoms in total. The molecule has 4 rings (SSSR count). The Kier molecular flexibility index (Phi) is 6.37. The van der Waals surface area contributed by atoms with Crippen molar-refractivity contribution >= 4 is 29.1 Å². The van der Waals surface area contributed by atoms with Crippen LogP contribution < -0.4 is 11.1 Å². The number of aliphatic hydroxyl groups excluding tert-OH is 2. The van der Waals surface area contributed by atoms with Crippen LogP contribution in [0, 0.1) is 17.7 Å². The van der Waals surface area contributed by atoms with Gasteiger partial charge in [0.05, 0.1) is 17.8 Å². The minimum atomic E-state index is -2.71. The van der Waals surface area contributed by atoms with E-state index in [2.05, 4.69) is 5.32 Å². The monoisotopic (exact) mass is 517 g/mol. The Morgan fingerprint density at radius 2 is 1.89 bits per heavy atom. The molecule has 198 valence electrons. The summed E-state index contributed by atoms with van der Waals surface area (Å²) in [4.78, 5) is 52.3. The van der Waals surface area contributed by atoms with Crippen LogP contribution in [0.5, 0.6) is 5.75 Å². The predicted molar refractivity (Wildman–Crippen MR) is 127 cm³/mol. The Morgan fingerprint density at radius 1 is 1.24 bits per heavy atom. The number of phenolic OH excluding ortho intramolecular Hbond substituents is 1. The third-order valence-corrected chi connectivity index (χ3v) is 7.56. The number of nitrogens with two attached hydrogens (primary N) is 1. The number of likely N-dealkylation sites (N-methyl/N-ethyl adjacent to an activating group) is 1. The number of nitrogens with one attached hydrogen (secondary N) is 1. The Labute approximate surface area is 211 Å². The van der Waals surface area contributed by atoms with Gasteiger partial charge in [-0.1, -0.05) is 0 Å². The van der Waals surface area contributed by atoms with Gasteiger partial charge in [0.1, 0.15) is 22.9 Å². The largest absolute Gasteiger partial charge is 0.511 e. The molecule has 0 saturated heterocycles. The van der Waals surface area contributed by atoms with Crippen molar-refractivity contribution in [3.05, 3.63) is 45.7 Å². The molecule has 37 heavy (non-hydrogen) atoms. The van der Waals surface area contributed by atoms with E-state index >= 15 is 4.39 Å². The van der Waals surface area contributed by atoms with E-state index in [1.807, 2.05) is 13.8 Å². The van der Waals surface area contributed by atoms with Gasteiger partial charge in [-0.05, 0) is 39.7 Å². The first kappa shape index (κ1) is 26.3. The zero-order chi connectivity index (χ0) is 27.6. The summed E-state index contributed by atoms with van der Waals surface area (Å²) < 4.78 is 15.1. The average Bonchev–Trinajstić information content (AvgIpc) is 2.79. The van der Waals surface area contributed by atoms with Crippen LogP contribution in [-0.4, -0.2) is 73.9 Å². The fourth-order valence-corrected chi connectivity index (χ4v) is 5.34. The van der Waals surface area contributed by atoms with Crippen LogP contribution in [0.25, 0.3) is 0 Å². The zero-order valence-electron chi connectivity index (χ0n) is 20.5. The standard InChI is InChI=1S/C25H28FN3O8/c1-9(2)29(3)8-16(31)28-14-7-13(26)12-5-10-4-11-6-15(30)19(24(27)36)23(35)25(11,37)22(34)17(10)21(33)18(12)20(14)32/h7,9-11,30,32,34,37H,4-6,8H2,1-3H3,(H2,27,36)(H,28,31)/t10?,11-,25-/m0/s1.